The van der Waals surface area contributed by atoms with Crippen LogP contribution in [0.5, 0.6) is 0 Å². The molecule has 0 aliphatic carbocycles. The van der Waals surface area contributed by atoms with E-state index in [0.717, 1.165) is 44.2 Å². The van der Waals surface area contributed by atoms with Crippen molar-refractivity contribution in [3.63, 3.8) is 0 Å². The lowest BCUT2D eigenvalue weighted by Gasteiger charge is -2.19. The Balaban J connectivity index is 1.23. The lowest BCUT2D eigenvalue weighted by Crippen LogP contribution is -2.02. The summed E-state index contributed by atoms with van der Waals surface area (Å²) in [5.74, 6) is 1.63. The lowest BCUT2D eigenvalue weighted by molar-refractivity contribution is 1.08. The highest BCUT2D eigenvalue weighted by Crippen LogP contribution is 2.46. The first-order chi connectivity index (χ1) is 27.7. The van der Waals surface area contributed by atoms with Crippen molar-refractivity contribution in [1.29, 1.82) is 5.26 Å². The van der Waals surface area contributed by atoms with Gasteiger partial charge in [0.05, 0.1) is 11.6 Å². The van der Waals surface area contributed by atoms with Gasteiger partial charge in [-0.25, -0.2) is 15.0 Å². The molecule has 0 saturated carbocycles. The van der Waals surface area contributed by atoms with Crippen molar-refractivity contribution in [2.75, 3.05) is 0 Å². The zero-order valence-electron chi connectivity index (χ0n) is 30.3. The molecule has 56 heavy (non-hydrogen) atoms. The van der Waals surface area contributed by atoms with Gasteiger partial charge >= 0.3 is 0 Å². The van der Waals surface area contributed by atoms with Crippen molar-refractivity contribution in [2.24, 2.45) is 0 Å². The van der Waals surface area contributed by atoms with Gasteiger partial charge in [-0.15, -0.1) is 0 Å². The van der Waals surface area contributed by atoms with Crippen molar-refractivity contribution < 1.29 is 0 Å². The number of benzene rings is 9. The first-order valence-corrected chi connectivity index (χ1v) is 18.7. The highest BCUT2D eigenvalue weighted by atomic mass is 15.0. The first-order valence-electron chi connectivity index (χ1n) is 18.7. The number of fused-ring (bicyclic) bond motifs is 3. The predicted octanol–water partition coefficient (Wildman–Crippen LogP) is 13.2. The molecule has 0 atom stereocenters. The van der Waals surface area contributed by atoms with Gasteiger partial charge in [0.25, 0.3) is 0 Å². The summed E-state index contributed by atoms with van der Waals surface area (Å²) in [5.41, 5.74) is 9.97. The third-order valence-corrected chi connectivity index (χ3v) is 10.6. The highest BCUT2D eigenvalue weighted by molar-refractivity contribution is 6.24. The van der Waals surface area contributed by atoms with E-state index in [2.05, 4.69) is 146 Å². The van der Waals surface area contributed by atoms with Crippen LogP contribution in [-0.4, -0.2) is 15.0 Å². The number of nitriles is 1. The molecule has 0 unspecified atom stereocenters. The molecule has 0 spiro atoms. The minimum absolute atomic E-state index is 0.506. The van der Waals surface area contributed by atoms with Crippen molar-refractivity contribution in [3.05, 3.63) is 200 Å². The van der Waals surface area contributed by atoms with Gasteiger partial charge in [0.2, 0.25) is 0 Å². The molecule has 4 heteroatoms. The van der Waals surface area contributed by atoms with Crippen LogP contribution in [0.3, 0.4) is 0 Å². The van der Waals surface area contributed by atoms with Gasteiger partial charge < -0.3 is 0 Å². The molecule has 0 radical (unpaired) electrons. The fourth-order valence-electron chi connectivity index (χ4n) is 8.07. The highest BCUT2D eigenvalue weighted by Gasteiger charge is 2.21. The van der Waals surface area contributed by atoms with Crippen LogP contribution in [0.25, 0.3) is 99.9 Å². The summed E-state index contributed by atoms with van der Waals surface area (Å²) in [4.78, 5) is 15.5. The summed E-state index contributed by atoms with van der Waals surface area (Å²) in [6.45, 7) is 0. The van der Waals surface area contributed by atoms with E-state index in [-0.39, 0.29) is 0 Å². The summed E-state index contributed by atoms with van der Waals surface area (Å²) in [7, 11) is 0. The van der Waals surface area contributed by atoms with E-state index >= 15 is 0 Å². The van der Waals surface area contributed by atoms with Gasteiger partial charge in [0.1, 0.15) is 0 Å². The number of hydrogen-bond acceptors (Lipinski definition) is 4. The molecule has 10 aromatic rings. The minimum atomic E-state index is 0.506. The maximum Gasteiger partial charge on any atom is 0.164 e. The summed E-state index contributed by atoms with van der Waals surface area (Å²) in [6, 6.07) is 69.4. The minimum Gasteiger partial charge on any atom is -0.208 e. The molecule has 0 saturated heterocycles. The second-order valence-corrected chi connectivity index (χ2v) is 13.8. The molecule has 9 aromatic carbocycles. The second kappa shape index (κ2) is 13.9. The van der Waals surface area contributed by atoms with Crippen molar-refractivity contribution >= 4 is 32.3 Å². The van der Waals surface area contributed by atoms with Crippen molar-refractivity contribution in [1.82, 2.24) is 15.0 Å². The van der Waals surface area contributed by atoms with Gasteiger partial charge in [-0.2, -0.15) is 5.26 Å². The van der Waals surface area contributed by atoms with Crippen LogP contribution < -0.4 is 0 Å². The standard InChI is InChI=1S/C52H32N4/c53-33-34-16-15-21-37(32-34)50-54-51(46-29-14-7-22-38(46)35-17-3-1-4-18-35)56-52(55-50)47-31-30-45(39-23-8-9-24-40(39)47)49-43-27-12-10-25-41(43)48(36-19-5-2-6-20-36)42-26-11-13-28-44(42)49/h1-32H. The second-order valence-electron chi connectivity index (χ2n) is 13.8. The quantitative estimate of drug-likeness (QED) is 0.161. The SMILES string of the molecule is N#Cc1cccc(-c2nc(-c3ccccc3-c3ccccc3)nc(-c3ccc(-c4c5ccccc5c(-c5ccccc5)c5ccccc45)c4ccccc34)n2)c1. The Bertz CT molecular complexity index is 3090. The molecule has 0 aliphatic rings. The van der Waals surface area contributed by atoms with Gasteiger partial charge in [0, 0.05) is 16.7 Å². The lowest BCUT2D eigenvalue weighted by atomic mass is 9.84. The Morgan fingerprint density at radius 3 is 1.38 bits per heavy atom. The van der Waals surface area contributed by atoms with Crippen molar-refractivity contribution in [3.8, 4) is 73.6 Å². The third kappa shape index (κ3) is 5.67. The Labute approximate surface area is 324 Å². The first kappa shape index (κ1) is 32.9. The zero-order valence-corrected chi connectivity index (χ0v) is 30.3. The number of rotatable bonds is 6. The van der Waals surface area contributed by atoms with Crippen molar-refractivity contribution in [2.45, 2.75) is 0 Å². The fraction of sp³-hybridized carbons (Fsp3) is 0. The molecule has 260 valence electrons. The molecule has 0 aliphatic heterocycles. The predicted molar refractivity (Wildman–Crippen MR) is 230 cm³/mol. The Morgan fingerprint density at radius 1 is 0.304 bits per heavy atom. The molecule has 4 nitrogen and oxygen atoms in total. The van der Waals surface area contributed by atoms with Gasteiger partial charge in [-0.3, -0.25) is 0 Å². The molecular formula is C52H32N4. The average Bonchev–Trinajstić information content (AvgIpc) is 3.28. The van der Waals surface area contributed by atoms with Crippen LogP contribution in [0.2, 0.25) is 0 Å². The smallest absolute Gasteiger partial charge is 0.164 e. The summed E-state index contributed by atoms with van der Waals surface area (Å²) >= 11 is 0. The molecule has 0 amide bonds. The van der Waals surface area contributed by atoms with Gasteiger partial charge in [0.15, 0.2) is 17.5 Å². The monoisotopic (exact) mass is 712 g/mol. The van der Waals surface area contributed by atoms with E-state index in [1.54, 1.807) is 6.07 Å². The van der Waals surface area contributed by atoms with Crippen LogP contribution >= 0.6 is 0 Å². The topological polar surface area (TPSA) is 62.5 Å². The molecule has 0 bridgehead atoms. The summed E-state index contributed by atoms with van der Waals surface area (Å²) < 4.78 is 0. The van der Waals surface area contributed by atoms with Crippen LogP contribution in [0.15, 0.2) is 194 Å². The molecule has 0 N–H and O–H groups in total. The largest absolute Gasteiger partial charge is 0.208 e. The normalized spacial score (nSPS) is 11.2. The van der Waals surface area contributed by atoms with Gasteiger partial charge in [-0.1, -0.05) is 176 Å². The van der Waals surface area contributed by atoms with E-state index in [9.17, 15) is 5.26 Å². The van der Waals surface area contributed by atoms with Crippen LogP contribution in [0.4, 0.5) is 0 Å². The maximum absolute atomic E-state index is 9.78. The van der Waals surface area contributed by atoms with E-state index in [1.165, 1.54) is 38.2 Å². The Morgan fingerprint density at radius 2 is 0.750 bits per heavy atom. The van der Waals surface area contributed by atoms with E-state index in [1.807, 2.05) is 48.5 Å². The number of nitrogens with zero attached hydrogens (tertiary/aromatic N) is 4. The summed E-state index contributed by atoms with van der Waals surface area (Å²) in [5, 5.41) is 16.7. The maximum atomic E-state index is 9.78. The summed E-state index contributed by atoms with van der Waals surface area (Å²) in [6.07, 6.45) is 0. The molecule has 10 rings (SSSR count). The third-order valence-electron chi connectivity index (χ3n) is 10.6. The van der Waals surface area contributed by atoms with E-state index in [0.29, 0.717) is 23.0 Å². The zero-order chi connectivity index (χ0) is 37.4. The Hall–Kier alpha value is -7.74. The van der Waals surface area contributed by atoms with Crippen LogP contribution in [0, 0.1) is 11.3 Å². The number of aromatic nitrogens is 3. The Kier molecular flexibility index (Phi) is 8.17. The van der Waals surface area contributed by atoms with Crippen LogP contribution in [-0.2, 0) is 0 Å². The molecule has 1 heterocycles. The van der Waals surface area contributed by atoms with Gasteiger partial charge in [-0.05, 0) is 83.9 Å². The van der Waals surface area contributed by atoms with Crippen LogP contribution in [0.1, 0.15) is 5.56 Å². The number of hydrogen-bond donors (Lipinski definition) is 0. The average molecular weight is 713 g/mol. The molecular weight excluding hydrogens is 681 g/mol. The fourth-order valence-corrected chi connectivity index (χ4v) is 8.07. The molecule has 0 fully saturated rings. The van der Waals surface area contributed by atoms with E-state index < -0.39 is 0 Å². The van der Waals surface area contributed by atoms with E-state index in [4.69, 9.17) is 15.0 Å². The molecule has 1 aromatic heterocycles.